The number of rotatable bonds is 5. The number of aliphatic carboxylic acids is 1. The molecule has 3 aliphatic rings. The summed E-state index contributed by atoms with van der Waals surface area (Å²) in [6.45, 7) is 5.17. The van der Waals surface area contributed by atoms with Gasteiger partial charge in [-0.3, -0.25) is 9.59 Å². The van der Waals surface area contributed by atoms with E-state index >= 15 is 0 Å². The van der Waals surface area contributed by atoms with Gasteiger partial charge in [-0.15, -0.1) is 11.3 Å². The quantitative estimate of drug-likeness (QED) is 0.272. The molecule has 5 atom stereocenters. The van der Waals surface area contributed by atoms with Crippen LogP contribution in [0.2, 0.25) is 0 Å². The highest BCUT2D eigenvalue weighted by atomic mass is 32.1. The monoisotopic (exact) mass is 691 g/mol. The molecule has 0 radical (unpaired) electrons. The van der Waals surface area contributed by atoms with E-state index in [4.69, 9.17) is 19.4 Å². The van der Waals surface area contributed by atoms with E-state index < -0.39 is 53.2 Å². The molecule has 3 unspecified atom stereocenters. The van der Waals surface area contributed by atoms with Gasteiger partial charge >= 0.3 is 12.1 Å². The molecule has 2 aromatic heterocycles. The van der Waals surface area contributed by atoms with Crippen molar-refractivity contribution >= 4 is 46.2 Å². The third kappa shape index (κ3) is 7.64. The maximum absolute atomic E-state index is 14.3. The molecule has 14 heteroatoms. The van der Waals surface area contributed by atoms with Crippen LogP contribution in [-0.2, 0) is 19.1 Å². The Bertz CT molecular complexity index is 1770. The molecule has 6 rings (SSSR count). The van der Waals surface area contributed by atoms with Crippen LogP contribution in [0.4, 0.5) is 4.79 Å². The van der Waals surface area contributed by atoms with Crippen molar-refractivity contribution in [2.75, 3.05) is 6.54 Å². The number of hydrogen-bond donors (Lipinski definition) is 4. The summed E-state index contributed by atoms with van der Waals surface area (Å²) in [6.07, 6.45) is 5.94. The Hall–Kier alpha value is -4.72. The van der Waals surface area contributed by atoms with Gasteiger partial charge in [0, 0.05) is 18.4 Å². The molecule has 13 nitrogen and oxygen atoms in total. The van der Waals surface area contributed by atoms with Crippen LogP contribution < -0.4 is 15.4 Å². The number of carboxylic acid groups (broad SMARTS) is 1. The Balaban J connectivity index is 1.33. The fourth-order valence-electron chi connectivity index (χ4n) is 6.44. The zero-order valence-corrected chi connectivity index (χ0v) is 28.5. The summed E-state index contributed by atoms with van der Waals surface area (Å²) in [4.78, 5) is 65.2. The highest BCUT2D eigenvalue weighted by Gasteiger charge is 2.61. The van der Waals surface area contributed by atoms with Gasteiger partial charge in [0.25, 0.3) is 0 Å². The van der Waals surface area contributed by atoms with Crippen LogP contribution in [0, 0.1) is 5.92 Å². The number of nitrogens with zero attached hydrogens (tertiary/aromatic N) is 3. The van der Waals surface area contributed by atoms with Crippen molar-refractivity contribution in [3.63, 3.8) is 0 Å². The number of allylic oxidation sites excluding steroid dienone is 1. The van der Waals surface area contributed by atoms with E-state index in [1.54, 1.807) is 26.8 Å². The van der Waals surface area contributed by atoms with Crippen LogP contribution in [0.1, 0.15) is 65.7 Å². The largest absolute Gasteiger partial charge is 0.508 e. The lowest BCUT2D eigenvalue weighted by molar-refractivity contribution is -0.145. The normalized spacial score (nSPS) is 26.8. The summed E-state index contributed by atoms with van der Waals surface area (Å²) in [7, 11) is 0. The lowest BCUT2D eigenvalue weighted by atomic mass is 10.0. The molecule has 1 aliphatic carbocycles. The second kappa shape index (κ2) is 13.7. The van der Waals surface area contributed by atoms with Gasteiger partial charge in [-0.05, 0) is 70.0 Å². The molecule has 1 saturated heterocycles. The lowest BCUT2D eigenvalue weighted by Crippen LogP contribution is -2.56. The minimum atomic E-state index is -1.46. The van der Waals surface area contributed by atoms with Crippen molar-refractivity contribution in [3.05, 3.63) is 47.9 Å². The SMILES string of the molecule is CC(C)(C)OC(=O)N[C@H]1CCCCC/C=C\C2CC2(C(=O)O)NC(=O)C2C[C@@H](Oc3nc4ccc(O)cc4nc3-c3cccs3)CN2C1=O. The Morgan fingerprint density at radius 2 is 1.94 bits per heavy atom. The van der Waals surface area contributed by atoms with Gasteiger partial charge in [-0.2, -0.15) is 0 Å². The molecule has 260 valence electrons. The van der Waals surface area contributed by atoms with Crippen LogP contribution in [0.5, 0.6) is 11.6 Å². The topological polar surface area (TPSA) is 180 Å². The first-order chi connectivity index (χ1) is 23.3. The van der Waals surface area contributed by atoms with E-state index in [1.807, 2.05) is 29.7 Å². The van der Waals surface area contributed by atoms with Crippen molar-refractivity contribution in [1.29, 1.82) is 0 Å². The number of phenols is 1. The maximum atomic E-state index is 14.3. The Kier molecular flexibility index (Phi) is 9.52. The van der Waals surface area contributed by atoms with Gasteiger partial charge in [-0.1, -0.05) is 31.1 Å². The van der Waals surface area contributed by atoms with Crippen LogP contribution in [-0.4, -0.2) is 84.8 Å². The molecule has 3 amide bonds. The highest BCUT2D eigenvalue weighted by Crippen LogP contribution is 2.45. The molecular weight excluding hydrogens is 650 g/mol. The van der Waals surface area contributed by atoms with E-state index in [-0.39, 0.29) is 36.9 Å². The molecule has 0 spiro atoms. The third-order valence-electron chi connectivity index (χ3n) is 8.96. The van der Waals surface area contributed by atoms with Crippen LogP contribution in [0.15, 0.2) is 47.9 Å². The molecule has 49 heavy (non-hydrogen) atoms. The molecular formula is C35H41N5O8S. The second-order valence-electron chi connectivity index (χ2n) is 13.9. The highest BCUT2D eigenvalue weighted by molar-refractivity contribution is 7.13. The second-order valence-corrected chi connectivity index (χ2v) is 14.8. The lowest BCUT2D eigenvalue weighted by Gasteiger charge is -2.30. The van der Waals surface area contributed by atoms with E-state index in [9.17, 15) is 29.4 Å². The number of ether oxygens (including phenoxy) is 2. The number of nitrogens with one attached hydrogen (secondary N) is 2. The predicted octanol–water partition coefficient (Wildman–Crippen LogP) is 4.79. The molecule has 2 aliphatic heterocycles. The van der Waals surface area contributed by atoms with Gasteiger partial charge in [0.05, 0.1) is 22.5 Å². The molecule has 2 fully saturated rings. The molecule has 1 saturated carbocycles. The first kappa shape index (κ1) is 34.2. The molecule has 3 aromatic rings. The van der Waals surface area contributed by atoms with Gasteiger partial charge in [0.1, 0.15) is 40.8 Å². The number of aromatic nitrogens is 2. The number of thiophene rings is 1. The molecule has 4 N–H and O–H groups in total. The number of phenolic OH excluding ortho intramolecular Hbond substituents is 1. The predicted molar refractivity (Wildman–Crippen MR) is 181 cm³/mol. The van der Waals surface area contributed by atoms with Crippen molar-refractivity contribution in [1.82, 2.24) is 25.5 Å². The number of hydrogen-bond acceptors (Lipinski definition) is 10. The fraction of sp³-hybridized carbons (Fsp3) is 0.486. The average molecular weight is 692 g/mol. The maximum Gasteiger partial charge on any atom is 0.408 e. The zero-order valence-electron chi connectivity index (χ0n) is 27.7. The van der Waals surface area contributed by atoms with E-state index in [0.717, 1.165) is 24.1 Å². The third-order valence-corrected chi connectivity index (χ3v) is 9.84. The summed E-state index contributed by atoms with van der Waals surface area (Å²) in [5.41, 5.74) is -0.868. The van der Waals surface area contributed by atoms with Gasteiger partial charge in [-0.25, -0.2) is 19.6 Å². The Morgan fingerprint density at radius 1 is 1.12 bits per heavy atom. The molecule has 0 bridgehead atoms. The van der Waals surface area contributed by atoms with Crippen molar-refractivity contribution in [2.45, 2.75) is 95.0 Å². The minimum absolute atomic E-state index is 0.0218. The zero-order chi connectivity index (χ0) is 34.9. The summed E-state index contributed by atoms with van der Waals surface area (Å²) in [5, 5.41) is 27.6. The minimum Gasteiger partial charge on any atom is -0.508 e. The van der Waals surface area contributed by atoms with Gasteiger partial charge in [0.2, 0.25) is 17.7 Å². The standard InChI is InChI=1S/C35H41N5O8S/c1-34(2,3)48-33(46)38-24-11-8-6-4-5-7-10-20-18-35(20,32(44)45)39-29(42)26-17-22(19-40(26)31(24)43)47-30-28(27-12-9-15-49-27)36-25-16-21(41)13-14-23(25)37-30/h7,9-10,12-16,20,22,24,26,41H,4-6,8,11,17-19H2,1-3H3,(H,38,46)(H,39,42)(H,44,45)/b10-7-/t20?,22-,24+,26?,35?/m1/s1. The number of aromatic hydroxyl groups is 1. The number of benzene rings is 1. The number of carbonyl (C=O) groups is 4. The number of alkyl carbamates (subject to hydrolysis) is 1. The van der Waals surface area contributed by atoms with Crippen LogP contribution >= 0.6 is 11.3 Å². The first-order valence-corrected chi connectivity index (χ1v) is 17.4. The first-order valence-electron chi connectivity index (χ1n) is 16.6. The van der Waals surface area contributed by atoms with Crippen LogP contribution in [0.3, 0.4) is 0 Å². The number of carboxylic acids is 1. The summed E-state index contributed by atoms with van der Waals surface area (Å²) >= 11 is 1.43. The van der Waals surface area contributed by atoms with E-state index in [2.05, 4.69) is 10.6 Å². The molecule has 4 heterocycles. The molecule has 1 aromatic carbocycles. The number of fused-ring (bicyclic) bond motifs is 3. The summed E-state index contributed by atoms with van der Waals surface area (Å²) in [6, 6.07) is 6.29. The van der Waals surface area contributed by atoms with Gasteiger partial charge < -0.3 is 35.2 Å². The number of carbonyl (C=O) groups excluding carboxylic acids is 3. The average Bonchev–Trinajstić information content (AvgIpc) is 3.33. The van der Waals surface area contributed by atoms with Crippen molar-refractivity contribution < 1.29 is 38.9 Å². The fourth-order valence-corrected chi connectivity index (χ4v) is 7.14. The summed E-state index contributed by atoms with van der Waals surface area (Å²) < 4.78 is 11.9. The van der Waals surface area contributed by atoms with Crippen LogP contribution in [0.25, 0.3) is 21.6 Å². The Labute approximate surface area is 287 Å². The summed E-state index contributed by atoms with van der Waals surface area (Å²) in [5.74, 6) is -2.36. The van der Waals surface area contributed by atoms with E-state index in [1.165, 1.54) is 28.4 Å². The van der Waals surface area contributed by atoms with Crippen molar-refractivity contribution in [3.8, 4) is 22.2 Å². The number of amides is 3. The Morgan fingerprint density at radius 3 is 2.67 bits per heavy atom. The smallest absolute Gasteiger partial charge is 0.408 e. The van der Waals surface area contributed by atoms with Gasteiger partial charge in [0.15, 0.2) is 0 Å². The van der Waals surface area contributed by atoms with Crippen molar-refractivity contribution in [2.24, 2.45) is 5.92 Å². The van der Waals surface area contributed by atoms with E-state index in [0.29, 0.717) is 29.6 Å².